The Kier molecular flexibility index (Phi) is 8.26. The van der Waals surface area contributed by atoms with E-state index in [0.29, 0.717) is 19.5 Å². The van der Waals surface area contributed by atoms with Gasteiger partial charge in [0.25, 0.3) is 0 Å². The second-order valence-electron chi connectivity index (χ2n) is 8.87. The van der Waals surface area contributed by atoms with Crippen LogP contribution in [0.25, 0.3) is 0 Å². The predicted octanol–water partition coefficient (Wildman–Crippen LogP) is 3.99. The maximum Gasteiger partial charge on any atom is 0.227 e. The number of ether oxygens (including phenoxy) is 2. The summed E-state index contributed by atoms with van der Waals surface area (Å²) in [5, 5.41) is 0. The quantitative estimate of drug-likeness (QED) is 0.572. The number of likely N-dealkylation sites (N-methyl/N-ethyl adjacent to an activating group) is 1. The van der Waals surface area contributed by atoms with Gasteiger partial charge in [0.1, 0.15) is 4.75 Å². The number of benzene rings is 1. The van der Waals surface area contributed by atoms with Crippen LogP contribution in [-0.4, -0.2) is 46.2 Å². The number of rotatable bonds is 7. The number of fused-ring (bicyclic) bond motifs is 1. The minimum absolute atomic E-state index is 0.127. The summed E-state index contributed by atoms with van der Waals surface area (Å²) in [6.45, 7) is 10.6. The number of nitrogens with zero attached hydrogens (tertiary/aromatic N) is 1. The van der Waals surface area contributed by atoms with Crippen molar-refractivity contribution in [3.63, 3.8) is 0 Å². The van der Waals surface area contributed by atoms with E-state index in [4.69, 9.17) is 9.47 Å². The predicted molar refractivity (Wildman–Crippen MR) is 122 cm³/mol. The Hall–Kier alpha value is -0.640. The third-order valence-corrected chi connectivity index (χ3v) is 7.60. The first-order chi connectivity index (χ1) is 14.2. The zero-order valence-corrected chi connectivity index (χ0v) is 20.7. The number of halogens is 1. The van der Waals surface area contributed by atoms with Crippen LogP contribution in [0.1, 0.15) is 69.7 Å². The average Bonchev–Trinajstić information content (AvgIpc) is 2.69. The van der Waals surface area contributed by atoms with E-state index in [1.165, 1.54) is 0 Å². The van der Waals surface area contributed by atoms with Crippen LogP contribution in [0.4, 0.5) is 0 Å². The fourth-order valence-corrected chi connectivity index (χ4v) is 5.19. The molecule has 168 valence electrons. The van der Waals surface area contributed by atoms with Gasteiger partial charge in [-0.2, -0.15) is 0 Å². The summed E-state index contributed by atoms with van der Waals surface area (Å²) < 4.78 is 28.4. The van der Waals surface area contributed by atoms with Crippen molar-refractivity contribution in [2.45, 2.75) is 77.0 Å². The van der Waals surface area contributed by atoms with E-state index in [9.17, 15) is 9.35 Å². The van der Waals surface area contributed by atoms with E-state index >= 15 is 0 Å². The lowest BCUT2D eigenvalue weighted by atomic mass is 9.89. The van der Waals surface area contributed by atoms with Gasteiger partial charge in [-0.1, -0.05) is 15.9 Å². The standard InChI is InChI=1S/C22H33BrN2O4S/c1-5-25-14-18-15(12-20(25)26)11-16(23)13-17(18)19(24-30(27)22(2,3)4)7-8-21-28-9-6-10-29-21/h11,13,19,21,24H,5-10,12,14H2,1-4H3/t19?,30-/m0/s1. The normalized spacial score (nSPS) is 20.2. The highest BCUT2D eigenvalue weighted by Crippen LogP contribution is 2.34. The van der Waals surface area contributed by atoms with Gasteiger partial charge in [0.15, 0.2) is 6.29 Å². The molecule has 2 heterocycles. The first kappa shape index (κ1) is 24.0. The lowest BCUT2D eigenvalue weighted by molar-refractivity contribution is -0.182. The molecule has 1 aromatic rings. The van der Waals surface area contributed by atoms with Crippen molar-refractivity contribution >= 4 is 33.2 Å². The maximum atomic E-state index is 13.0. The molecule has 0 radical (unpaired) electrons. The van der Waals surface area contributed by atoms with Crippen LogP contribution < -0.4 is 4.72 Å². The van der Waals surface area contributed by atoms with Gasteiger partial charge < -0.3 is 18.9 Å². The summed E-state index contributed by atoms with van der Waals surface area (Å²) in [4.78, 5) is 14.3. The van der Waals surface area contributed by atoms with Crippen molar-refractivity contribution in [3.05, 3.63) is 33.3 Å². The first-order valence-corrected chi connectivity index (χ1v) is 12.6. The van der Waals surface area contributed by atoms with Crippen LogP contribution in [0.2, 0.25) is 0 Å². The Morgan fingerprint density at radius 1 is 1.33 bits per heavy atom. The van der Waals surface area contributed by atoms with Gasteiger partial charge in [0, 0.05) is 35.3 Å². The Balaban J connectivity index is 1.90. The molecular weight excluding hydrogens is 468 g/mol. The number of amides is 1. The second-order valence-corrected chi connectivity index (χ2v) is 11.8. The molecule has 1 unspecified atom stereocenters. The van der Waals surface area contributed by atoms with Crippen LogP contribution in [0, 0.1) is 0 Å². The number of nitrogens with one attached hydrogen (secondary N) is 1. The number of carbonyl (C=O) groups is 1. The van der Waals surface area contributed by atoms with E-state index in [2.05, 4.69) is 26.7 Å². The van der Waals surface area contributed by atoms with Crippen LogP contribution >= 0.6 is 15.9 Å². The monoisotopic (exact) mass is 500 g/mol. The topological polar surface area (TPSA) is 73.9 Å². The molecule has 1 fully saturated rings. The molecule has 8 heteroatoms. The highest BCUT2D eigenvalue weighted by atomic mass is 79.9. The Bertz CT molecular complexity index is 749. The molecule has 2 aliphatic heterocycles. The van der Waals surface area contributed by atoms with Crippen LogP contribution in [0.3, 0.4) is 0 Å². The van der Waals surface area contributed by atoms with Gasteiger partial charge in [-0.15, -0.1) is 4.72 Å². The summed E-state index contributed by atoms with van der Waals surface area (Å²) in [6, 6.07) is 4.01. The summed E-state index contributed by atoms with van der Waals surface area (Å²) in [5.74, 6) is 0.154. The molecule has 6 nitrogen and oxygen atoms in total. The van der Waals surface area contributed by atoms with Crippen molar-refractivity contribution in [2.75, 3.05) is 19.8 Å². The molecule has 0 aromatic heterocycles. The van der Waals surface area contributed by atoms with Gasteiger partial charge >= 0.3 is 0 Å². The summed E-state index contributed by atoms with van der Waals surface area (Å²) in [6.07, 6.45) is 2.56. The van der Waals surface area contributed by atoms with E-state index in [0.717, 1.165) is 53.6 Å². The first-order valence-electron chi connectivity index (χ1n) is 10.7. The fraction of sp³-hybridized carbons (Fsp3) is 0.682. The van der Waals surface area contributed by atoms with Crippen molar-refractivity contribution in [2.24, 2.45) is 0 Å². The Labute approximate surface area is 191 Å². The molecule has 2 atom stereocenters. The van der Waals surface area contributed by atoms with Gasteiger partial charge in [0.2, 0.25) is 5.91 Å². The average molecular weight is 501 g/mol. The van der Waals surface area contributed by atoms with Gasteiger partial charge in [-0.05, 0) is 69.4 Å². The third kappa shape index (κ3) is 5.99. The Morgan fingerprint density at radius 2 is 2.03 bits per heavy atom. The highest BCUT2D eigenvalue weighted by molar-refractivity contribution is 9.10. The molecule has 1 saturated heterocycles. The van der Waals surface area contributed by atoms with E-state index < -0.39 is 11.4 Å². The molecule has 1 amide bonds. The molecule has 0 aliphatic carbocycles. The highest BCUT2D eigenvalue weighted by Gasteiger charge is 2.33. The Morgan fingerprint density at radius 3 is 2.67 bits per heavy atom. The number of hydrogen-bond acceptors (Lipinski definition) is 5. The molecule has 30 heavy (non-hydrogen) atoms. The van der Waals surface area contributed by atoms with Crippen molar-refractivity contribution in [1.29, 1.82) is 0 Å². The summed E-state index contributed by atoms with van der Waals surface area (Å²) >= 11 is 2.39. The third-order valence-electron chi connectivity index (χ3n) is 5.53. The minimum atomic E-state index is -1.23. The smallest absolute Gasteiger partial charge is 0.227 e. The molecule has 0 bridgehead atoms. The molecular formula is C22H33BrN2O4S. The molecule has 3 rings (SSSR count). The van der Waals surface area contributed by atoms with Gasteiger partial charge in [0.05, 0.1) is 25.7 Å². The minimum Gasteiger partial charge on any atom is -0.598 e. The molecule has 0 saturated carbocycles. The molecule has 0 spiro atoms. The largest absolute Gasteiger partial charge is 0.598 e. The van der Waals surface area contributed by atoms with E-state index in [1.54, 1.807) is 0 Å². The number of hydrogen-bond donors (Lipinski definition) is 1. The lowest BCUT2D eigenvalue weighted by Gasteiger charge is -2.34. The van der Waals surface area contributed by atoms with Crippen LogP contribution in [-0.2, 0) is 38.6 Å². The van der Waals surface area contributed by atoms with Crippen LogP contribution in [0.5, 0.6) is 0 Å². The number of carbonyl (C=O) groups excluding carboxylic acids is 1. The van der Waals surface area contributed by atoms with Gasteiger partial charge in [-0.25, -0.2) is 0 Å². The lowest BCUT2D eigenvalue weighted by Crippen LogP contribution is -2.42. The summed E-state index contributed by atoms with van der Waals surface area (Å²) in [7, 11) is 0. The molecule has 2 aliphatic rings. The molecule has 1 N–H and O–H groups in total. The van der Waals surface area contributed by atoms with Crippen molar-refractivity contribution < 1.29 is 18.8 Å². The molecule has 1 aromatic carbocycles. The SMILES string of the molecule is CCN1Cc2c(cc(Br)cc2C(CCC2OCCCO2)N[S@@+]([O-])C(C)(C)C)CC1=O. The maximum absolute atomic E-state index is 13.0. The van der Waals surface area contributed by atoms with Crippen molar-refractivity contribution in [1.82, 2.24) is 9.62 Å². The van der Waals surface area contributed by atoms with Crippen molar-refractivity contribution in [3.8, 4) is 0 Å². The zero-order chi connectivity index (χ0) is 21.9. The van der Waals surface area contributed by atoms with Gasteiger partial charge in [-0.3, -0.25) is 4.79 Å². The second kappa shape index (κ2) is 10.3. The van der Waals surface area contributed by atoms with Crippen LogP contribution in [0.15, 0.2) is 16.6 Å². The van der Waals surface area contributed by atoms with E-state index in [-0.39, 0.29) is 23.0 Å². The summed E-state index contributed by atoms with van der Waals surface area (Å²) in [5.41, 5.74) is 3.31. The zero-order valence-electron chi connectivity index (χ0n) is 18.3. The van der Waals surface area contributed by atoms with E-state index in [1.807, 2.05) is 38.7 Å². The fourth-order valence-electron chi connectivity index (χ4n) is 3.81.